The summed E-state index contributed by atoms with van der Waals surface area (Å²) < 4.78 is 8.24. The summed E-state index contributed by atoms with van der Waals surface area (Å²) in [6.07, 6.45) is 5.38. The second kappa shape index (κ2) is 6.49. The van der Waals surface area contributed by atoms with Crippen LogP contribution in [0, 0.1) is 0 Å². The topological polar surface area (TPSA) is 32.7 Å². The van der Waals surface area contributed by atoms with Crippen molar-refractivity contribution in [3.05, 3.63) is 47.5 Å². The molecule has 1 N–H and O–H groups in total. The van der Waals surface area contributed by atoms with Crippen molar-refractivity contribution >= 4 is 23.0 Å². The number of aromatic hydroxyl groups is 1. The van der Waals surface area contributed by atoms with Gasteiger partial charge < -0.3 is 9.84 Å². The maximum atomic E-state index is 10.0. The van der Waals surface area contributed by atoms with Gasteiger partial charge in [-0.2, -0.15) is 0 Å². The lowest BCUT2D eigenvalue weighted by Crippen LogP contribution is -2.38. The number of phenolic OH excluding ortho intramolecular Hbond substituents is 1. The van der Waals surface area contributed by atoms with E-state index in [2.05, 4.69) is 45.9 Å². The molecular weight excluding hydrogens is 358 g/mol. The van der Waals surface area contributed by atoms with Gasteiger partial charge >= 0.3 is 0 Å². The zero-order valence-corrected chi connectivity index (χ0v) is 17.1. The predicted octanol–water partition coefficient (Wildman–Crippen LogP) is 6.84. The average Bonchev–Trinajstić information content (AvgIpc) is 2.63. The molecule has 2 aliphatic rings. The standard InChI is InChI=1S/C23H26ClNO2/c1-5-6-7-20-22-16(17-12-15(26)8-11-19(17)27-20)9-10-18-21(22)14(2)13-23(3,4)25(18)24/h8-13,20,26H,5-7H2,1-4H3. The first-order chi connectivity index (χ1) is 12.8. The van der Waals surface area contributed by atoms with Crippen LogP contribution < -0.4 is 9.16 Å². The highest BCUT2D eigenvalue weighted by atomic mass is 35.5. The third-order valence-electron chi connectivity index (χ3n) is 5.57. The number of allylic oxidation sites excluding steroid dienone is 1. The van der Waals surface area contributed by atoms with Crippen LogP contribution in [0.4, 0.5) is 5.69 Å². The van der Waals surface area contributed by atoms with E-state index >= 15 is 0 Å². The van der Waals surface area contributed by atoms with Crippen LogP contribution in [0.3, 0.4) is 0 Å². The molecule has 0 bridgehead atoms. The summed E-state index contributed by atoms with van der Waals surface area (Å²) in [4.78, 5) is 0. The number of hydrogen-bond acceptors (Lipinski definition) is 3. The SMILES string of the molecule is CCCCC1Oc2ccc(O)cc2-c2ccc3c(c21)C(C)=CC(C)(C)N3Cl. The van der Waals surface area contributed by atoms with Crippen LogP contribution in [0.25, 0.3) is 16.7 Å². The predicted molar refractivity (Wildman–Crippen MR) is 112 cm³/mol. The molecule has 0 fully saturated rings. The van der Waals surface area contributed by atoms with E-state index in [1.165, 1.54) is 11.1 Å². The summed E-state index contributed by atoms with van der Waals surface area (Å²) in [6.45, 7) is 8.58. The highest BCUT2D eigenvalue weighted by Gasteiger charge is 2.36. The fourth-order valence-electron chi connectivity index (χ4n) is 4.36. The Labute approximate surface area is 166 Å². The molecule has 27 heavy (non-hydrogen) atoms. The van der Waals surface area contributed by atoms with Crippen LogP contribution in [0.15, 0.2) is 36.4 Å². The number of fused-ring (bicyclic) bond motifs is 5. The number of anilines is 1. The molecule has 0 aliphatic carbocycles. The van der Waals surface area contributed by atoms with E-state index in [0.717, 1.165) is 47.4 Å². The maximum absolute atomic E-state index is 10.0. The second-order valence-electron chi connectivity index (χ2n) is 8.11. The van der Waals surface area contributed by atoms with Gasteiger partial charge in [-0.3, -0.25) is 4.42 Å². The highest BCUT2D eigenvalue weighted by Crippen LogP contribution is 2.52. The smallest absolute Gasteiger partial charge is 0.128 e. The second-order valence-corrected chi connectivity index (χ2v) is 8.45. The number of rotatable bonds is 3. The summed E-state index contributed by atoms with van der Waals surface area (Å²) in [5.41, 5.74) is 6.42. The van der Waals surface area contributed by atoms with E-state index in [0.29, 0.717) is 0 Å². The zero-order chi connectivity index (χ0) is 19.3. The number of hydrogen-bond donors (Lipinski definition) is 1. The Balaban J connectivity index is 1.98. The third-order valence-corrected chi connectivity index (χ3v) is 6.19. The maximum Gasteiger partial charge on any atom is 0.128 e. The van der Waals surface area contributed by atoms with Crippen LogP contribution in [-0.2, 0) is 0 Å². The molecule has 1 unspecified atom stereocenters. The van der Waals surface area contributed by atoms with Gasteiger partial charge in [-0.05, 0) is 69.0 Å². The molecule has 142 valence electrons. The monoisotopic (exact) mass is 383 g/mol. The minimum atomic E-state index is -0.252. The van der Waals surface area contributed by atoms with E-state index in [-0.39, 0.29) is 17.4 Å². The Morgan fingerprint density at radius 2 is 1.96 bits per heavy atom. The van der Waals surface area contributed by atoms with Gasteiger partial charge in [0.1, 0.15) is 17.6 Å². The van der Waals surface area contributed by atoms with Gasteiger partial charge in [0.2, 0.25) is 0 Å². The molecule has 4 rings (SSSR count). The molecule has 2 heterocycles. The zero-order valence-electron chi connectivity index (χ0n) is 16.3. The van der Waals surface area contributed by atoms with E-state index in [1.807, 2.05) is 10.5 Å². The third kappa shape index (κ3) is 2.89. The molecule has 3 nitrogen and oxygen atoms in total. The van der Waals surface area contributed by atoms with Gasteiger partial charge in [-0.15, -0.1) is 0 Å². The molecule has 0 amide bonds. The summed E-state index contributed by atoms with van der Waals surface area (Å²) in [6, 6.07) is 9.56. The molecule has 0 saturated heterocycles. The van der Waals surface area contributed by atoms with Crippen LogP contribution in [0.2, 0.25) is 0 Å². The van der Waals surface area contributed by atoms with Gasteiger partial charge in [0.05, 0.1) is 11.2 Å². The number of phenols is 1. The average molecular weight is 384 g/mol. The first-order valence-electron chi connectivity index (χ1n) is 9.66. The molecular formula is C23H26ClNO2. The van der Waals surface area contributed by atoms with E-state index < -0.39 is 0 Å². The van der Waals surface area contributed by atoms with E-state index in [9.17, 15) is 5.11 Å². The fraction of sp³-hybridized carbons (Fsp3) is 0.391. The summed E-state index contributed by atoms with van der Waals surface area (Å²) >= 11 is 6.73. The van der Waals surface area contributed by atoms with Gasteiger partial charge in [0.25, 0.3) is 0 Å². The molecule has 2 aromatic carbocycles. The van der Waals surface area contributed by atoms with E-state index in [1.54, 1.807) is 12.1 Å². The summed E-state index contributed by atoms with van der Waals surface area (Å²) in [5.74, 6) is 1.09. The lowest BCUT2D eigenvalue weighted by Gasteiger charge is -2.41. The van der Waals surface area contributed by atoms with Crippen molar-refractivity contribution in [3.8, 4) is 22.6 Å². The number of halogens is 1. The summed E-state index contributed by atoms with van der Waals surface area (Å²) in [5, 5.41) is 10.0. The molecule has 0 aromatic heterocycles. The van der Waals surface area contributed by atoms with Crippen LogP contribution >= 0.6 is 11.8 Å². The van der Waals surface area contributed by atoms with Gasteiger partial charge in [0.15, 0.2) is 0 Å². The van der Waals surface area contributed by atoms with Crippen molar-refractivity contribution in [1.29, 1.82) is 0 Å². The van der Waals surface area contributed by atoms with Crippen LogP contribution in [-0.4, -0.2) is 10.6 Å². The Bertz CT molecular complexity index is 932. The lowest BCUT2D eigenvalue weighted by atomic mass is 9.81. The van der Waals surface area contributed by atoms with Crippen molar-refractivity contribution < 1.29 is 9.84 Å². The number of unbranched alkanes of at least 4 members (excludes halogenated alkanes) is 1. The summed E-state index contributed by atoms with van der Waals surface area (Å²) in [7, 11) is 0. The first-order valence-corrected chi connectivity index (χ1v) is 10.00. The Hall–Kier alpha value is -2.13. The van der Waals surface area contributed by atoms with Crippen molar-refractivity contribution in [1.82, 2.24) is 0 Å². The van der Waals surface area contributed by atoms with Crippen molar-refractivity contribution in [2.24, 2.45) is 0 Å². The number of benzene rings is 2. The van der Waals surface area contributed by atoms with Crippen molar-refractivity contribution in [2.75, 3.05) is 4.42 Å². The normalized spacial score (nSPS) is 19.5. The van der Waals surface area contributed by atoms with Crippen molar-refractivity contribution in [3.63, 3.8) is 0 Å². The number of nitrogens with zero attached hydrogens (tertiary/aromatic N) is 1. The van der Waals surface area contributed by atoms with E-state index in [4.69, 9.17) is 16.5 Å². The van der Waals surface area contributed by atoms with Gasteiger partial charge in [0, 0.05) is 28.5 Å². The number of ether oxygens (including phenoxy) is 1. The molecule has 2 aliphatic heterocycles. The molecule has 4 heteroatoms. The fourth-order valence-corrected chi connectivity index (χ4v) is 4.55. The molecule has 2 aromatic rings. The van der Waals surface area contributed by atoms with Crippen molar-refractivity contribution in [2.45, 2.75) is 58.6 Å². The quantitative estimate of drug-likeness (QED) is 0.589. The molecule has 1 atom stereocenters. The largest absolute Gasteiger partial charge is 0.508 e. The molecule has 0 spiro atoms. The van der Waals surface area contributed by atoms with Crippen LogP contribution in [0.5, 0.6) is 11.5 Å². The first kappa shape index (κ1) is 18.2. The highest BCUT2D eigenvalue weighted by molar-refractivity contribution is 6.28. The Morgan fingerprint density at radius 1 is 1.19 bits per heavy atom. The Morgan fingerprint density at radius 3 is 2.70 bits per heavy atom. The lowest BCUT2D eigenvalue weighted by molar-refractivity contribution is 0.187. The minimum absolute atomic E-state index is 0.0124. The molecule has 0 saturated carbocycles. The van der Waals surface area contributed by atoms with Crippen LogP contribution in [0.1, 0.15) is 64.2 Å². The van der Waals surface area contributed by atoms with Gasteiger partial charge in [-0.25, -0.2) is 0 Å². The Kier molecular flexibility index (Phi) is 4.38. The molecule has 0 radical (unpaired) electrons. The minimum Gasteiger partial charge on any atom is -0.508 e. The van der Waals surface area contributed by atoms with Gasteiger partial charge in [-0.1, -0.05) is 25.5 Å².